The molecule has 1 fully saturated rings. The fraction of sp³-hybridized carbons (Fsp3) is 0.481. The van der Waals surface area contributed by atoms with Gasteiger partial charge in [0.1, 0.15) is 5.78 Å². The molecule has 2 aromatic carbocycles. The molecule has 34 heavy (non-hydrogen) atoms. The van der Waals surface area contributed by atoms with E-state index in [2.05, 4.69) is 5.32 Å². The largest absolute Gasteiger partial charge is 0.349 e. The molecule has 0 spiro atoms. The number of unbranched alkanes of at least 4 members (excludes halogenated alkanes) is 1. The monoisotopic (exact) mass is 465 g/mol. The molecule has 1 aliphatic heterocycles. The van der Waals surface area contributed by atoms with Gasteiger partial charge in [0.15, 0.2) is 5.78 Å². The normalized spacial score (nSPS) is 16.4. The van der Waals surface area contributed by atoms with Crippen molar-refractivity contribution in [2.75, 3.05) is 19.6 Å². The first-order valence-electron chi connectivity index (χ1n) is 12.2. The van der Waals surface area contributed by atoms with Crippen LogP contribution in [0.5, 0.6) is 0 Å². The second-order valence-corrected chi connectivity index (χ2v) is 9.13. The van der Waals surface area contributed by atoms with E-state index in [0.29, 0.717) is 25.9 Å². The summed E-state index contributed by atoms with van der Waals surface area (Å²) in [6.07, 6.45) is 3.72. The number of Topliss-reactive ketones (excluding diaryl/α,β-unsaturated/α-hetero) is 2. The lowest BCUT2D eigenvalue weighted by molar-refractivity contribution is -0.138. The number of nitrogens with one attached hydrogen (secondary N) is 1. The molecule has 1 heterocycles. The lowest BCUT2D eigenvalue weighted by Crippen LogP contribution is -2.43. The molecular formula is C27H35N3O4. The standard InChI is InChI=1S/C27H35N3O4/c1-19(31)18-29-27(34)22(9-4-5-14-28)16-25(32)24-13-7-15-30(24)26(33)17-21-11-6-10-20-8-2-3-12-23(20)21/h2-3,6,8,10-12,22,24H,4-5,7,9,13-18,28H2,1H3,(H,29,34)/t22-,24+/m1/s1. The molecule has 2 atom stereocenters. The van der Waals surface area contributed by atoms with Gasteiger partial charge in [-0.2, -0.15) is 0 Å². The van der Waals surface area contributed by atoms with Gasteiger partial charge >= 0.3 is 0 Å². The molecular weight excluding hydrogens is 430 g/mol. The Morgan fingerprint density at radius 1 is 1.09 bits per heavy atom. The maximum atomic E-state index is 13.2. The third kappa shape index (κ3) is 6.73. The zero-order chi connectivity index (χ0) is 24.5. The summed E-state index contributed by atoms with van der Waals surface area (Å²) in [5, 5.41) is 4.76. The van der Waals surface area contributed by atoms with Crippen molar-refractivity contribution < 1.29 is 19.2 Å². The van der Waals surface area contributed by atoms with E-state index in [9.17, 15) is 19.2 Å². The van der Waals surface area contributed by atoms with Crippen molar-refractivity contribution in [2.24, 2.45) is 11.7 Å². The van der Waals surface area contributed by atoms with E-state index in [1.807, 2.05) is 42.5 Å². The minimum Gasteiger partial charge on any atom is -0.349 e. The van der Waals surface area contributed by atoms with Crippen LogP contribution in [0, 0.1) is 5.92 Å². The molecule has 0 saturated carbocycles. The van der Waals surface area contributed by atoms with Crippen LogP contribution in [-0.2, 0) is 25.6 Å². The number of benzene rings is 2. The van der Waals surface area contributed by atoms with Crippen LogP contribution in [0.15, 0.2) is 42.5 Å². The first kappa shape index (κ1) is 25.6. The van der Waals surface area contributed by atoms with Gasteiger partial charge in [-0.3, -0.25) is 19.2 Å². The summed E-state index contributed by atoms with van der Waals surface area (Å²) >= 11 is 0. The number of ketones is 2. The number of nitrogens with two attached hydrogens (primary N) is 1. The Morgan fingerprint density at radius 3 is 2.62 bits per heavy atom. The van der Waals surface area contributed by atoms with Crippen LogP contribution in [0.1, 0.15) is 51.0 Å². The SMILES string of the molecule is CC(=O)CNC(=O)[C@H](CCCCN)CC(=O)[C@@H]1CCCN1C(=O)Cc1cccc2ccccc12. The number of rotatable bonds is 12. The van der Waals surface area contributed by atoms with Crippen LogP contribution >= 0.6 is 0 Å². The molecule has 7 nitrogen and oxygen atoms in total. The van der Waals surface area contributed by atoms with Crippen molar-refractivity contribution in [2.45, 2.75) is 57.9 Å². The Morgan fingerprint density at radius 2 is 1.85 bits per heavy atom. The average molecular weight is 466 g/mol. The molecule has 1 saturated heterocycles. The molecule has 0 aliphatic carbocycles. The Kier molecular flexibility index (Phi) is 9.33. The van der Waals surface area contributed by atoms with Gasteiger partial charge in [-0.15, -0.1) is 0 Å². The van der Waals surface area contributed by atoms with E-state index in [4.69, 9.17) is 5.73 Å². The number of nitrogens with zero attached hydrogens (tertiary/aromatic N) is 1. The predicted octanol–water partition coefficient (Wildman–Crippen LogP) is 2.78. The molecule has 0 aromatic heterocycles. The summed E-state index contributed by atoms with van der Waals surface area (Å²) < 4.78 is 0. The lowest BCUT2D eigenvalue weighted by atomic mass is 9.91. The molecule has 182 valence electrons. The fourth-order valence-electron chi connectivity index (χ4n) is 4.71. The smallest absolute Gasteiger partial charge is 0.227 e. The summed E-state index contributed by atoms with van der Waals surface area (Å²) in [7, 11) is 0. The second-order valence-electron chi connectivity index (χ2n) is 9.13. The molecule has 7 heteroatoms. The minimum atomic E-state index is -0.519. The van der Waals surface area contributed by atoms with Crippen LogP contribution in [0.2, 0.25) is 0 Å². The average Bonchev–Trinajstić information content (AvgIpc) is 3.32. The third-order valence-corrected chi connectivity index (χ3v) is 6.50. The maximum absolute atomic E-state index is 13.2. The Labute approximate surface area is 201 Å². The molecule has 3 N–H and O–H groups in total. The molecule has 2 aromatic rings. The van der Waals surface area contributed by atoms with E-state index in [-0.39, 0.29) is 42.8 Å². The molecule has 0 unspecified atom stereocenters. The van der Waals surface area contributed by atoms with Crippen molar-refractivity contribution in [3.8, 4) is 0 Å². The van der Waals surface area contributed by atoms with E-state index >= 15 is 0 Å². The van der Waals surface area contributed by atoms with E-state index in [1.165, 1.54) is 6.92 Å². The highest BCUT2D eigenvalue weighted by atomic mass is 16.2. The highest BCUT2D eigenvalue weighted by Gasteiger charge is 2.35. The summed E-state index contributed by atoms with van der Waals surface area (Å²) in [6, 6.07) is 13.4. The van der Waals surface area contributed by atoms with E-state index in [1.54, 1.807) is 4.90 Å². The molecule has 0 radical (unpaired) electrons. The summed E-state index contributed by atoms with van der Waals surface area (Å²) in [6.45, 7) is 2.44. The Bertz CT molecular complexity index is 1030. The van der Waals surface area contributed by atoms with Gasteiger partial charge in [-0.25, -0.2) is 0 Å². The van der Waals surface area contributed by atoms with Gasteiger partial charge in [0.2, 0.25) is 11.8 Å². The molecule has 0 bridgehead atoms. The zero-order valence-corrected chi connectivity index (χ0v) is 19.9. The van der Waals surface area contributed by atoms with Crippen molar-refractivity contribution in [1.82, 2.24) is 10.2 Å². The highest BCUT2D eigenvalue weighted by Crippen LogP contribution is 2.25. The van der Waals surface area contributed by atoms with Crippen LogP contribution < -0.4 is 11.1 Å². The molecule has 1 aliphatic rings. The number of hydrogen-bond acceptors (Lipinski definition) is 5. The summed E-state index contributed by atoms with van der Waals surface area (Å²) in [4.78, 5) is 52.1. The first-order chi connectivity index (χ1) is 16.4. The van der Waals surface area contributed by atoms with E-state index < -0.39 is 12.0 Å². The van der Waals surface area contributed by atoms with Gasteiger partial charge in [-0.05, 0) is 55.5 Å². The fourth-order valence-corrected chi connectivity index (χ4v) is 4.71. The number of carbonyl (C=O) groups is 4. The van der Waals surface area contributed by atoms with Crippen LogP contribution in [0.4, 0.5) is 0 Å². The minimum absolute atomic E-state index is 0.0422. The van der Waals surface area contributed by atoms with Gasteiger partial charge in [0.25, 0.3) is 0 Å². The zero-order valence-electron chi connectivity index (χ0n) is 19.9. The molecule has 3 rings (SSSR count). The van der Waals surface area contributed by atoms with Gasteiger partial charge in [-0.1, -0.05) is 48.9 Å². The number of carbonyl (C=O) groups excluding carboxylic acids is 4. The van der Waals surface area contributed by atoms with Gasteiger partial charge in [0.05, 0.1) is 19.0 Å². The van der Waals surface area contributed by atoms with Gasteiger partial charge < -0.3 is 16.0 Å². The van der Waals surface area contributed by atoms with Crippen LogP contribution in [0.3, 0.4) is 0 Å². The van der Waals surface area contributed by atoms with Crippen LogP contribution in [-0.4, -0.2) is 54.0 Å². The first-order valence-corrected chi connectivity index (χ1v) is 12.2. The maximum Gasteiger partial charge on any atom is 0.227 e. The van der Waals surface area contributed by atoms with Gasteiger partial charge in [0, 0.05) is 18.9 Å². The highest BCUT2D eigenvalue weighted by molar-refractivity contribution is 5.95. The number of hydrogen-bond donors (Lipinski definition) is 2. The quantitative estimate of drug-likeness (QED) is 0.469. The van der Waals surface area contributed by atoms with Crippen molar-refractivity contribution >= 4 is 34.2 Å². The number of fused-ring (bicyclic) bond motifs is 1. The Balaban J connectivity index is 1.67. The molecule has 2 amide bonds. The van der Waals surface area contributed by atoms with Crippen molar-refractivity contribution in [1.29, 1.82) is 0 Å². The lowest BCUT2D eigenvalue weighted by Gasteiger charge is -2.26. The summed E-state index contributed by atoms with van der Waals surface area (Å²) in [5.41, 5.74) is 6.53. The third-order valence-electron chi connectivity index (χ3n) is 6.50. The van der Waals surface area contributed by atoms with Crippen molar-refractivity contribution in [3.05, 3.63) is 48.0 Å². The summed E-state index contributed by atoms with van der Waals surface area (Å²) in [5.74, 6) is -1.09. The van der Waals surface area contributed by atoms with E-state index in [0.717, 1.165) is 35.6 Å². The van der Waals surface area contributed by atoms with Crippen LogP contribution in [0.25, 0.3) is 10.8 Å². The number of amides is 2. The predicted molar refractivity (Wildman–Crippen MR) is 132 cm³/mol. The van der Waals surface area contributed by atoms with Crippen molar-refractivity contribution in [3.63, 3.8) is 0 Å². The Hall–Kier alpha value is -3.06. The number of likely N-dealkylation sites (tertiary alicyclic amines) is 1. The second kappa shape index (κ2) is 12.4. The topological polar surface area (TPSA) is 110 Å².